The van der Waals surface area contributed by atoms with Crippen molar-refractivity contribution in [2.75, 3.05) is 0 Å². The number of carbonyl (C=O) groups is 2. The van der Waals surface area contributed by atoms with Crippen LogP contribution in [0.5, 0.6) is 0 Å². The molecule has 1 aromatic carbocycles. The summed E-state index contributed by atoms with van der Waals surface area (Å²) in [6, 6.07) is 4.72. The Bertz CT molecular complexity index is 624. The second-order valence-corrected chi connectivity index (χ2v) is 5.71. The first-order valence-corrected chi connectivity index (χ1v) is 6.82. The Hall–Kier alpha value is -1.89. The average Bonchev–Trinajstić information content (AvgIpc) is 2.52. The topological polar surface area (TPSA) is 97.5 Å². The fourth-order valence-electron chi connectivity index (χ4n) is 1.99. The van der Waals surface area contributed by atoms with Crippen molar-refractivity contribution in [3.05, 3.63) is 29.8 Å². The Balaban J connectivity index is 2.62. The molecule has 0 aromatic heterocycles. The molecule has 18 heavy (non-hydrogen) atoms. The van der Waals surface area contributed by atoms with Crippen LogP contribution in [0.25, 0.3) is 0 Å². The quantitative estimate of drug-likeness (QED) is 0.840. The van der Waals surface area contributed by atoms with Gasteiger partial charge >= 0.3 is 0 Å². The number of nitrogens with two attached hydrogens (primary N) is 1. The Kier molecular flexibility index (Phi) is 2.86. The maximum Gasteiger partial charge on any atom is 0.269 e. The number of hydrogen-bond acceptors (Lipinski definition) is 4. The summed E-state index contributed by atoms with van der Waals surface area (Å²) in [5, 5.41) is 0. The highest BCUT2D eigenvalue weighted by atomic mass is 32.2. The minimum atomic E-state index is -3.97. The molecule has 1 atom stereocenters. The number of nitrogens with zero attached hydrogens (tertiary/aromatic N) is 1. The van der Waals surface area contributed by atoms with Gasteiger partial charge in [0.05, 0.1) is 5.56 Å². The van der Waals surface area contributed by atoms with Crippen molar-refractivity contribution >= 4 is 21.8 Å². The Labute approximate surface area is 104 Å². The average molecular weight is 268 g/mol. The molecule has 1 aromatic rings. The zero-order valence-electron chi connectivity index (χ0n) is 9.66. The maximum absolute atomic E-state index is 12.2. The molecule has 0 spiro atoms. The second-order valence-electron chi connectivity index (χ2n) is 3.93. The number of amides is 2. The van der Waals surface area contributed by atoms with E-state index in [0.29, 0.717) is 4.31 Å². The van der Waals surface area contributed by atoms with Crippen LogP contribution in [0.1, 0.15) is 23.7 Å². The predicted octanol–water partition coefficient (Wildman–Crippen LogP) is 0.0950. The van der Waals surface area contributed by atoms with Crippen molar-refractivity contribution in [3.63, 3.8) is 0 Å². The smallest absolute Gasteiger partial charge is 0.269 e. The normalized spacial score (nSPS) is 18.5. The van der Waals surface area contributed by atoms with Crippen molar-refractivity contribution in [2.45, 2.75) is 24.3 Å². The van der Waals surface area contributed by atoms with E-state index in [0.717, 1.165) is 0 Å². The number of rotatable bonds is 3. The summed E-state index contributed by atoms with van der Waals surface area (Å²) in [6.07, 6.45) is 0.147. The van der Waals surface area contributed by atoms with Gasteiger partial charge < -0.3 is 5.73 Å². The number of benzene rings is 1. The highest BCUT2D eigenvalue weighted by Gasteiger charge is 2.45. The Morgan fingerprint density at radius 2 is 2.00 bits per heavy atom. The number of hydrogen-bond donors (Lipinski definition) is 1. The Morgan fingerprint density at radius 3 is 2.50 bits per heavy atom. The molecule has 2 N–H and O–H groups in total. The molecule has 1 aliphatic heterocycles. The number of carbonyl (C=O) groups excluding carboxylic acids is 2. The zero-order valence-corrected chi connectivity index (χ0v) is 10.5. The molecule has 0 aliphatic carbocycles. The van der Waals surface area contributed by atoms with Crippen molar-refractivity contribution in [2.24, 2.45) is 5.73 Å². The molecule has 6 nitrogen and oxygen atoms in total. The lowest BCUT2D eigenvalue weighted by molar-refractivity contribution is -0.121. The molecule has 7 heteroatoms. The van der Waals surface area contributed by atoms with Crippen LogP contribution in [0.4, 0.5) is 0 Å². The molecule has 1 aliphatic rings. The summed E-state index contributed by atoms with van der Waals surface area (Å²) in [4.78, 5) is 23.2. The minimum absolute atomic E-state index is 0.0744. The summed E-state index contributed by atoms with van der Waals surface area (Å²) in [7, 11) is -3.97. The first kappa shape index (κ1) is 12.6. The van der Waals surface area contributed by atoms with Gasteiger partial charge in [-0.1, -0.05) is 19.1 Å². The van der Waals surface area contributed by atoms with Gasteiger partial charge in [0.2, 0.25) is 5.91 Å². The van der Waals surface area contributed by atoms with Crippen LogP contribution < -0.4 is 5.73 Å². The van der Waals surface area contributed by atoms with E-state index in [-0.39, 0.29) is 16.9 Å². The van der Waals surface area contributed by atoms with E-state index in [4.69, 9.17) is 5.73 Å². The number of fused-ring (bicyclic) bond motifs is 1. The fraction of sp³-hybridized carbons (Fsp3) is 0.273. The molecule has 0 saturated carbocycles. The minimum Gasteiger partial charge on any atom is -0.368 e. The lowest BCUT2D eigenvalue weighted by Crippen LogP contribution is -2.47. The molecule has 0 radical (unpaired) electrons. The van der Waals surface area contributed by atoms with Crippen LogP contribution in [-0.2, 0) is 14.8 Å². The number of primary amides is 1. The molecule has 2 rings (SSSR count). The molecule has 0 fully saturated rings. The van der Waals surface area contributed by atoms with E-state index in [1.54, 1.807) is 13.0 Å². The zero-order chi connectivity index (χ0) is 13.5. The van der Waals surface area contributed by atoms with Crippen molar-refractivity contribution in [1.29, 1.82) is 0 Å². The van der Waals surface area contributed by atoms with Crippen LogP contribution in [0.2, 0.25) is 0 Å². The molecular formula is C11H12N2O4S. The molecular weight excluding hydrogens is 256 g/mol. The van der Waals surface area contributed by atoms with Crippen molar-refractivity contribution in [3.8, 4) is 0 Å². The standard InChI is InChI=1S/C11H12N2O4S/c1-2-8(10(12)14)13-11(15)7-5-3-4-6-9(7)18(13,16)17/h3-6,8H,2H2,1H3,(H2,12,14). The summed E-state index contributed by atoms with van der Waals surface area (Å²) in [5.74, 6) is -1.53. The van der Waals surface area contributed by atoms with Gasteiger partial charge in [0, 0.05) is 0 Å². The van der Waals surface area contributed by atoms with E-state index < -0.39 is 27.9 Å². The van der Waals surface area contributed by atoms with Crippen LogP contribution >= 0.6 is 0 Å². The highest BCUT2D eigenvalue weighted by molar-refractivity contribution is 7.90. The van der Waals surface area contributed by atoms with Gasteiger partial charge in [-0.05, 0) is 18.6 Å². The summed E-state index contributed by atoms with van der Waals surface area (Å²) >= 11 is 0. The largest absolute Gasteiger partial charge is 0.368 e. The summed E-state index contributed by atoms with van der Waals surface area (Å²) in [6.45, 7) is 1.60. The summed E-state index contributed by atoms with van der Waals surface area (Å²) in [5.41, 5.74) is 5.23. The van der Waals surface area contributed by atoms with Crippen LogP contribution in [0.15, 0.2) is 29.2 Å². The monoisotopic (exact) mass is 268 g/mol. The van der Waals surface area contributed by atoms with Gasteiger partial charge in [0.1, 0.15) is 10.9 Å². The first-order chi connectivity index (χ1) is 8.41. The third-order valence-corrected chi connectivity index (χ3v) is 4.70. The number of sulfonamides is 1. The van der Waals surface area contributed by atoms with Crippen molar-refractivity contribution < 1.29 is 18.0 Å². The Morgan fingerprint density at radius 1 is 1.39 bits per heavy atom. The van der Waals surface area contributed by atoms with E-state index in [9.17, 15) is 18.0 Å². The maximum atomic E-state index is 12.2. The third kappa shape index (κ3) is 1.59. The van der Waals surface area contributed by atoms with Gasteiger partial charge in [-0.25, -0.2) is 12.7 Å². The van der Waals surface area contributed by atoms with Crippen LogP contribution in [0, 0.1) is 0 Å². The van der Waals surface area contributed by atoms with Gasteiger partial charge in [-0.15, -0.1) is 0 Å². The predicted molar refractivity (Wildman–Crippen MR) is 63.1 cm³/mol. The van der Waals surface area contributed by atoms with E-state index in [1.165, 1.54) is 18.2 Å². The van der Waals surface area contributed by atoms with Gasteiger partial charge in [0.15, 0.2) is 0 Å². The van der Waals surface area contributed by atoms with Gasteiger partial charge in [-0.2, -0.15) is 0 Å². The lowest BCUT2D eigenvalue weighted by atomic mass is 10.1. The van der Waals surface area contributed by atoms with E-state index in [1.807, 2.05) is 0 Å². The molecule has 1 heterocycles. The van der Waals surface area contributed by atoms with E-state index in [2.05, 4.69) is 0 Å². The molecule has 0 bridgehead atoms. The lowest BCUT2D eigenvalue weighted by Gasteiger charge is -2.22. The molecule has 2 amide bonds. The molecule has 96 valence electrons. The SMILES string of the molecule is CCC(C(N)=O)N1C(=O)c2ccccc2S1(=O)=O. The van der Waals surface area contributed by atoms with Crippen molar-refractivity contribution in [1.82, 2.24) is 4.31 Å². The second kappa shape index (κ2) is 4.09. The first-order valence-electron chi connectivity index (χ1n) is 5.38. The van der Waals surface area contributed by atoms with E-state index >= 15 is 0 Å². The third-order valence-electron chi connectivity index (χ3n) is 2.85. The molecule has 0 saturated heterocycles. The van der Waals surface area contributed by atoms with Crippen LogP contribution in [-0.4, -0.2) is 30.6 Å². The highest BCUT2D eigenvalue weighted by Crippen LogP contribution is 2.32. The molecule has 1 unspecified atom stereocenters. The fourth-order valence-corrected chi connectivity index (χ4v) is 3.79. The summed E-state index contributed by atoms with van der Waals surface area (Å²) < 4.78 is 25.0. The van der Waals surface area contributed by atoms with Crippen LogP contribution in [0.3, 0.4) is 0 Å². The van der Waals surface area contributed by atoms with Gasteiger partial charge in [-0.3, -0.25) is 9.59 Å². The van der Waals surface area contributed by atoms with Gasteiger partial charge in [0.25, 0.3) is 15.9 Å².